The highest BCUT2D eigenvalue weighted by atomic mass is 127. The lowest BCUT2D eigenvalue weighted by Gasteiger charge is -2.14. The van der Waals surface area contributed by atoms with Gasteiger partial charge < -0.3 is 24.5 Å². The monoisotopic (exact) mass is 481 g/mol. The number of furan rings is 1. The van der Waals surface area contributed by atoms with Crippen LogP contribution in [0.15, 0.2) is 57.9 Å². The summed E-state index contributed by atoms with van der Waals surface area (Å²) >= 11 is 0. The lowest BCUT2D eigenvalue weighted by Crippen LogP contribution is -2.30. The number of nitrogens with zero attached hydrogens (tertiary/aromatic N) is 1. The first kappa shape index (κ1) is 20.9. The molecule has 144 valence electrons. The Hall–Kier alpha value is -2.42. The van der Waals surface area contributed by atoms with Crippen molar-refractivity contribution in [1.29, 1.82) is 0 Å². The third-order valence-corrected chi connectivity index (χ3v) is 3.86. The first-order valence-electron chi connectivity index (χ1n) is 8.49. The van der Waals surface area contributed by atoms with E-state index >= 15 is 0 Å². The molecule has 2 N–H and O–H groups in total. The molecule has 3 aromatic rings. The molecule has 1 aromatic heterocycles. The number of rotatable bonds is 6. The Labute approximate surface area is 176 Å². The molecule has 0 aliphatic heterocycles. The van der Waals surface area contributed by atoms with Gasteiger partial charge >= 0.3 is 0 Å². The van der Waals surface area contributed by atoms with Crippen LogP contribution >= 0.6 is 24.0 Å². The second kappa shape index (κ2) is 10.1. The molecule has 27 heavy (non-hydrogen) atoms. The van der Waals surface area contributed by atoms with E-state index < -0.39 is 0 Å². The van der Waals surface area contributed by atoms with E-state index in [0.717, 1.165) is 22.4 Å². The van der Waals surface area contributed by atoms with E-state index in [2.05, 4.69) is 15.6 Å². The SMILES string of the molecule is CCOc1ccc(NC(=NC)NCc2cc3ccccc3o2)cc1OC.I. The van der Waals surface area contributed by atoms with E-state index in [1.165, 1.54) is 0 Å². The number of benzene rings is 2. The number of hydrogen-bond acceptors (Lipinski definition) is 4. The summed E-state index contributed by atoms with van der Waals surface area (Å²) in [5.74, 6) is 2.87. The fourth-order valence-electron chi connectivity index (χ4n) is 2.63. The Bertz CT molecular complexity index is 875. The average Bonchev–Trinajstić information content (AvgIpc) is 3.09. The van der Waals surface area contributed by atoms with Crippen molar-refractivity contribution in [3.8, 4) is 11.5 Å². The van der Waals surface area contributed by atoms with Crippen LogP contribution in [0.5, 0.6) is 11.5 Å². The van der Waals surface area contributed by atoms with Crippen molar-refractivity contribution in [3.63, 3.8) is 0 Å². The van der Waals surface area contributed by atoms with Crippen molar-refractivity contribution in [2.45, 2.75) is 13.5 Å². The Balaban J connectivity index is 0.00000261. The zero-order valence-corrected chi connectivity index (χ0v) is 17.9. The molecule has 0 aliphatic carbocycles. The summed E-state index contributed by atoms with van der Waals surface area (Å²) in [6.45, 7) is 3.06. The van der Waals surface area contributed by atoms with Crippen LogP contribution in [0.1, 0.15) is 12.7 Å². The second-order valence-electron chi connectivity index (χ2n) is 5.60. The minimum Gasteiger partial charge on any atom is -0.493 e. The van der Waals surface area contributed by atoms with Gasteiger partial charge in [-0.2, -0.15) is 0 Å². The molecule has 0 radical (unpaired) electrons. The largest absolute Gasteiger partial charge is 0.493 e. The summed E-state index contributed by atoms with van der Waals surface area (Å²) in [5.41, 5.74) is 1.73. The highest BCUT2D eigenvalue weighted by Gasteiger charge is 2.08. The summed E-state index contributed by atoms with van der Waals surface area (Å²) in [7, 11) is 3.34. The van der Waals surface area contributed by atoms with Gasteiger partial charge in [0.15, 0.2) is 17.5 Å². The standard InChI is InChI=1S/C20H23N3O3.HI/c1-4-25-18-10-9-15(12-19(18)24-3)23-20(21-2)22-13-16-11-14-7-5-6-8-17(14)26-16;/h5-12H,4,13H2,1-3H3,(H2,21,22,23);1H. The number of hydrogen-bond donors (Lipinski definition) is 2. The van der Waals surface area contributed by atoms with Crippen molar-refractivity contribution in [2.75, 3.05) is 26.1 Å². The summed E-state index contributed by atoms with van der Waals surface area (Å²) in [6, 6.07) is 15.6. The van der Waals surface area contributed by atoms with E-state index in [0.29, 0.717) is 30.6 Å². The number of nitrogens with one attached hydrogen (secondary N) is 2. The molecule has 0 atom stereocenters. The number of guanidine groups is 1. The maximum atomic E-state index is 5.81. The lowest BCUT2D eigenvalue weighted by molar-refractivity contribution is 0.311. The average molecular weight is 481 g/mol. The summed E-state index contributed by atoms with van der Waals surface area (Å²) in [5, 5.41) is 7.57. The Morgan fingerprint density at radius 2 is 1.93 bits per heavy atom. The maximum absolute atomic E-state index is 5.81. The van der Waals surface area contributed by atoms with Crippen LogP contribution < -0.4 is 20.1 Å². The molecule has 2 aromatic carbocycles. The molecule has 1 heterocycles. The molecular formula is C20H24IN3O3. The van der Waals surface area contributed by atoms with Crippen LogP contribution in [-0.4, -0.2) is 26.7 Å². The molecule has 0 fully saturated rings. The Kier molecular flexibility index (Phi) is 7.78. The van der Waals surface area contributed by atoms with E-state index in [-0.39, 0.29) is 24.0 Å². The fraction of sp³-hybridized carbons (Fsp3) is 0.250. The van der Waals surface area contributed by atoms with Gasteiger partial charge in [-0.25, -0.2) is 0 Å². The normalized spacial score (nSPS) is 11.0. The molecule has 0 saturated heterocycles. The van der Waals surface area contributed by atoms with Gasteiger partial charge in [0.1, 0.15) is 11.3 Å². The summed E-state index contributed by atoms with van der Waals surface area (Å²) < 4.78 is 16.7. The van der Waals surface area contributed by atoms with Crippen molar-refractivity contribution in [1.82, 2.24) is 5.32 Å². The van der Waals surface area contributed by atoms with Crippen LogP contribution in [0.25, 0.3) is 11.0 Å². The Morgan fingerprint density at radius 3 is 2.63 bits per heavy atom. The predicted molar refractivity (Wildman–Crippen MR) is 120 cm³/mol. The van der Waals surface area contributed by atoms with Crippen molar-refractivity contribution in [3.05, 3.63) is 54.3 Å². The van der Waals surface area contributed by atoms with Crippen molar-refractivity contribution >= 4 is 46.6 Å². The topological polar surface area (TPSA) is 68.0 Å². The molecule has 3 rings (SSSR count). The number of para-hydroxylation sites is 1. The number of anilines is 1. The van der Waals surface area contributed by atoms with Gasteiger partial charge in [0.25, 0.3) is 0 Å². The molecule has 0 saturated carbocycles. The van der Waals surface area contributed by atoms with Gasteiger partial charge in [-0.15, -0.1) is 24.0 Å². The fourth-order valence-corrected chi connectivity index (χ4v) is 2.63. The molecule has 0 unspecified atom stereocenters. The number of halogens is 1. The first-order chi connectivity index (χ1) is 12.7. The van der Waals surface area contributed by atoms with Crippen molar-refractivity contribution in [2.24, 2.45) is 4.99 Å². The number of fused-ring (bicyclic) bond motifs is 1. The number of aliphatic imine (C=N–C) groups is 1. The Morgan fingerprint density at radius 1 is 1.11 bits per heavy atom. The van der Waals surface area contributed by atoms with Crippen LogP contribution in [0.4, 0.5) is 5.69 Å². The number of ether oxygens (including phenoxy) is 2. The molecule has 6 nitrogen and oxygen atoms in total. The van der Waals surface area contributed by atoms with E-state index in [9.17, 15) is 0 Å². The first-order valence-corrected chi connectivity index (χ1v) is 8.49. The van der Waals surface area contributed by atoms with Crippen LogP contribution in [-0.2, 0) is 6.54 Å². The zero-order valence-electron chi connectivity index (χ0n) is 15.6. The molecule has 0 bridgehead atoms. The smallest absolute Gasteiger partial charge is 0.195 e. The van der Waals surface area contributed by atoms with Gasteiger partial charge in [0.2, 0.25) is 0 Å². The highest BCUT2D eigenvalue weighted by molar-refractivity contribution is 14.0. The summed E-state index contributed by atoms with van der Waals surface area (Å²) in [6.07, 6.45) is 0. The quantitative estimate of drug-likeness (QED) is 0.305. The van der Waals surface area contributed by atoms with Gasteiger partial charge in [-0.05, 0) is 31.2 Å². The third kappa shape index (κ3) is 5.29. The van der Waals surface area contributed by atoms with Gasteiger partial charge in [0, 0.05) is 24.2 Å². The molecule has 7 heteroatoms. The van der Waals surface area contributed by atoms with Gasteiger partial charge in [-0.3, -0.25) is 4.99 Å². The minimum absolute atomic E-state index is 0. The van der Waals surface area contributed by atoms with Crippen LogP contribution in [0.3, 0.4) is 0 Å². The van der Waals surface area contributed by atoms with Crippen LogP contribution in [0.2, 0.25) is 0 Å². The molecule has 0 spiro atoms. The van der Waals surface area contributed by atoms with Crippen molar-refractivity contribution < 1.29 is 13.9 Å². The molecular weight excluding hydrogens is 457 g/mol. The molecule has 0 amide bonds. The predicted octanol–water partition coefficient (Wildman–Crippen LogP) is 4.65. The highest BCUT2D eigenvalue weighted by Crippen LogP contribution is 2.30. The van der Waals surface area contributed by atoms with Gasteiger partial charge in [-0.1, -0.05) is 18.2 Å². The second-order valence-corrected chi connectivity index (χ2v) is 5.60. The van der Waals surface area contributed by atoms with E-state index in [1.807, 2.05) is 55.5 Å². The molecule has 0 aliphatic rings. The minimum atomic E-state index is 0. The van der Waals surface area contributed by atoms with Crippen LogP contribution in [0, 0.1) is 0 Å². The van der Waals surface area contributed by atoms with E-state index in [1.54, 1.807) is 14.2 Å². The van der Waals surface area contributed by atoms with Gasteiger partial charge in [0.05, 0.1) is 20.3 Å². The zero-order chi connectivity index (χ0) is 18.4. The third-order valence-electron chi connectivity index (χ3n) is 3.86. The number of methoxy groups -OCH3 is 1. The summed E-state index contributed by atoms with van der Waals surface area (Å²) in [4.78, 5) is 4.25. The maximum Gasteiger partial charge on any atom is 0.195 e. The van der Waals surface area contributed by atoms with E-state index in [4.69, 9.17) is 13.9 Å². The lowest BCUT2D eigenvalue weighted by atomic mass is 10.2.